The maximum absolute atomic E-state index is 5.74. The Morgan fingerprint density at radius 3 is 3.05 bits per heavy atom. The van der Waals surface area contributed by atoms with Crippen molar-refractivity contribution in [2.45, 2.75) is 52.6 Å². The van der Waals surface area contributed by atoms with Crippen LogP contribution in [0.25, 0.3) is 0 Å². The molecule has 0 N–H and O–H groups in total. The Morgan fingerprint density at radius 1 is 1.38 bits per heavy atom. The number of fused-ring (bicyclic) bond motifs is 1. The van der Waals surface area contributed by atoms with Crippen LogP contribution in [0, 0.1) is 0 Å². The quantitative estimate of drug-likeness (QED) is 0.849. The average molecular weight is 305 g/mol. The van der Waals surface area contributed by atoms with E-state index in [2.05, 4.69) is 45.1 Å². The Balaban J connectivity index is 1.72. The van der Waals surface area contributed by atoms with Crippen molar-refractivity contribution in [3.8, 4) is 0 Å². The number of imidazole rings is 1. The third-order valence-corrected chi connectivity index (χ3v) is 4.55. The molecule has 0 unspecified atom stereocenters. The highest BCUT2D eigenvalue weighted by atomic mass is 32.1. The summed E-state index contributed by atoms with van der Waals surface area (Å²) in [4.78, 5) is 7.07. The summed E-state index contributed by atoms with van der Waals surface area (Å²) in [5, 5.41) is 4.39. The van der Waals surface area contributed by atoms with Gasteiger partial charge in [0.2, 0.25) is 0 Å². The summed E-state index contributed by atoms with van der Waals surface area (Å²) in [5.74, 6) is 0. The average Bonchev–Trinajstić information content (AvgIpc) is 3.03. The van der Waals surface area contributed by atoms with Crippen molar-refractivity contribution in [2.75, 3.05) is 6.54 Å². The molecule has 1 aliphatic heterocycles. The van der Waals surface area contributed by atoms with Gasteiger partial charge in [0, 0.05) is 26.2 Å². The van der Waals surface area contributed by atoms with E-state index in [0.717, 1.165) is 31.9 Å². The summed E-state index contributed by atoms with van der Waals surface area (Å²) >= 11 is 1.77. The molecule has 21 heavy (non-hydrogen) atoms. The molecule has 2 aromatic heterocycles. The predicted molar refractivity (Wildman–Crippen MR) is 85.2 cm³/mol. The molecule has 1 aliphatic rings. The van der Waals surface area contributed by atoms with Gasteiger partial charge in [-0.3, -0.25) is 4.90 Å². The fourth-order valence-corrected chi connectivity index (χ4v) is 3.38. The van der Waals surface area contributed by atoms with E-state index in [0.29, 0.717) is 6.61 Å². The third-order valence-electron chi connectivity index (χ3n) is 3.82. The molecule has 0 aliphatic carbocycles. The number of ether oxygens (including phenoxy) is 1. The zero-order valence-electron chi connectivity index (χ0n) is 12.8. The van der Waals surface area contributed by atoms with Crippen LogP contribution in [0.5, 0.6) is 0 Å². The first kappa shape index (κ1) is 14.8. The second-order valence-electron chi connectivity index (χ2n) is 5.89. The first-order chi connectivity index (χ1) is 10.2. The van der Waals surface area contributed by atoms with Crippen LogP contribution >= 0.6 is 11.3 Å². The minimum atomic E-state index is 0.245. The van der Waals surface area contributed by atoms with Gasteiger partial charge in [-0.2, -0.15) is 11.3 Å². The van der Waals surface area contributed by atoms with Crippen molar-refractivity contribution >= 4 is 11.3 Å². The number of aryl methyl sites for hydroxylation is 1. The molecule has 0 saturated carbocycles. The SMILES string of the molecule is CC(C)OCc1ncn2c1CN(Cc1ccsc1)CCC2. The molecule has 0 fully saturated rings. The monoisotopic (exact) mass is 305 g/mol. The number of hydrogen-bond donors (Lipinski definition) is 0. The molecule has 0 saturated heterocycles. The van der Waals surface area contributed by atoms with Gasteiger partial charge >= 0.3 is 0 Å². The van der Waals surface area contributed by atoms with Gasteiger partial charge in [0.15, 0.2) is 0 Å². The fraction of sp³-hybridized carbons (Fsp3) is 0.562. The molecule has 4 nitrogen and oxygen atoms in total. The maximum atomic E-state index is 5.74. The van der Waals surface area contributed by atoms with E-state index < -0.39 is 0 Å². The number of hydrogen-bond acceptors (Lipinski definition) is 4. The van der Waals surface area contributed by atoms with Crippen LogP contribution in [0.3, 0.4) is 0 Å². The predicted octanol–water partition coefficient (Wildman–Crippen LogP) is 3.28. The van der Waals surface area contributed by atoms with Crippen molar-refractivity contribution in [1.82, 2.24) is 14.5 Å². The van der Waals surface area contributed by atoms with Crippen LogP contribution in [0.4, 0.5) is 0 Å². The molecule has 5 heteroatoms. The van der Waals surface area contributed by atoms with E-state index in [1.807, 2.05) is 6.33 Å². The lowest BCUT2D eigenvalue weighted by Gasteiger charge is -2.19. The van der Waals surface area contributed by atoms with Crippen LogP contribution < -0.4 is 0 Å². The maximum Gasteiger partial charge on any atom is 0.0953 e. The Bertz CT molecular complexity index is 562. The molecule has 0 bridgehead atoms. The van der Waals surface area contributed by atoms with Gasteiger partial charge < -0.3 is 9.30 Å². The standard InChI is InChI=1S/C16H23N3OS/c1-13(2)20-10-15-16-9-18(8-14-4-7-21-11-14)5-3-6-19(16)12-17-15/h4,7,11-13H,3,5-6,8-10H2,1-2H3. The van der Waals surface area contributed by atoms with Crippen molar-refractivity contribution in [1.29, 1.82) is 0 Å². The summed E-state index contributed by atoms with van der Waals surface area (Å²) < 4.78 is 8.04. The van der Waals surface area contributed by atoms with Crippen molar-refractivity contribution in [3.63, 3.8) is 0 Å². The smallest absolute Gasteiger partial charge is 0.0953 e. The van der Waals surface area contributed by atoms with E-state index in [4.69, 9.17) is 4.74 Å². The van der Waals surface area contributed by atoms with E-state index in [1.165, 1.54) is 17.7 Å². The van der Waals surface area contributed by atoms with Gasteiger partial charge in [-0.05, 0) is 42.7 Å². The lowest BCUT2D eigenvalue weighted by Crippen LogP contribution is -2.23. The van der Waals surface area contributed by atoms with Crippen molar-refractivity contribution in [3.05, 3.63) is 40.1 Å². The molecular formula is C16H23N3OS. The molecule has 2 aromatic rings. The summed E-state index contributed by atoms with van der Waals surface area (Å²) in [7, 11) is 0. The van der Waals surface area contributed by atoms with Crippen molar-refractivity contribution in [2.24, 2.45) is 0 Å². The van der Waals surface area contributed by atoms with E-state index >= 15 is 0 Å². The summed E-state index contributed by atoms with van der Waals surface area (Å²) in [6.07, 6.45) is 3.40. The van der Waals surface area contributed by atoms with Crippen LogP contribution in [-0.4, -0.2) is 27.1 Å². The fourth-order valence-electron chi connectivity index (χ4n) is 2.72. The highest BCUT2D eigenvalue weighted by Gasteiger charge is 2.19. The molecule has 3 rings (SSSR count). The number of thiophene rings is 1. The van der Waals surface area contributed by atoms with E-state index in [-0.39, 0.29) is 6.10 Å². The van der Waals surface area contributed by atoms with E-state index in [9.17, 15) is 0 Å². The molecule has 0 radical (unpaired) electrons. The summed E-state index contributed by atoms with van der Waals surface area (Å²) in [5.41, 5.74) is 3.83. The van der Waals surface area contributed by atoms with Crippen LogP contribution in [0.1, 0.15) is 37.2 Å². The summed E-state index contributed by atoms with van der Waals surface area (Å²) in [6.45, 7) is 8.94. The highest BCUT2D eigenvalue weighted by molar-refractivity contribution is 7.07. The third kappa shape index (κ3) is 3.73. The minimum Gasteiger partial charge on any atom is -0.372 e. The molecule has 0 amide bonds. The Labute approximate surface area is 130 Å². The summed E-state index contributed by atoms with van der Waals surface area (Å²) in [6, 6.07) is 2.22. The lowest BCUT2D eigenvalue weighted by molar-refractivity contribution is 0.0628. The van der Waals surface area contributed by atoms with Gasteiger partial charge in [-0.15, -0.1) is 0 Å². The van der Waals surface area contributed by atoms with E-state index in [1.54, 1.807) is 11.3 Å². The first-order valence-corrected chi connectivity index (χ1v) is 8.54. The van der Waals surface area contributed by atoms with Gasteiger partial charge in [0.1, 0.15) is 0 Å². The molecule has 114 valence electrons. The van der Waals surface area contributed by atoms with Crippen LogP contribution in [0.2, 0.25) is 0 Å². The highest BCUT2D eigenvalue weighted by Crippen LogP contribution is 2.19. The number of aromatic nitrogens is 2. The zero-order valence-corrected chi connectivity index (χ0v) is 13.6. The molecule has 0 spiro atoms. The lowest BCUT2D eigenvalue weighted by atomic mass is 10.2. The number of rotatable bonds is 5. The molecule has 0 aromatic carbocycles. The second kappa shape index (κ2) is 6.73. The first-order valence-electron chi connectivity index (χ1n) is 7.60. The Kier molecular flexibility index (Phi) is 4.73. The zero-order chi connectivity index (χ0) is 14.7. The largest absolute Gasteiger partial charge is 0.372 e. The Morgan fingerprint density at radius 2 is 2.29 bits per heavy atom. The molecule has 0 atom stereocenters. The topological polar surface area (TPSA) is 30.3 Å². The normalized spacial score (nSPS) is 16.1. The van der Waals surface area contributed by atoms with Gasteiger partial charge in [0.05, 0.1) is 30.4 Å². The molecular weight excluding hydrogens is 282 g/mol. The minimum absolute atomic E-state index is 0.245. The number of nitrogens with zero attached hydrogens (tertiary/aromatic N) is 3. The van der Waals surface area contributed by atoms with Crippen LogP contribution in [0.15, 0.2) is 23.2 Å². The second-order valence-corrected chi connectivity index (χ2v) is 6.67. The molecule has 3 heterocycles. The van der Waals surface area contributed by atoms with Gasteiger partial charge in [0.25, 0.3) is 0 Å². The van der Waals surface area contributed by atoms with Gasteiger partial charge in [-0.25, -0.2) is 4.98 Å². The van der Waals surface area contributed by atoms with Gasteiger partial charge in [-0.1, -0.05) is 0 Å². The Hall–Kier alpha value is -1.17. The van der Waals surface area contributed by atoms with Crippen molar-refractivity contribution < 1.29 is 4.74 Å². The van der Waals surface area contributed by atoms with Crippen LogP contribution in [-0.2, 0) is 31.0 Å².